The summed E-state index contributed by atoms with van der Waals surface area (Å²) in [6, 6.07) is -0.885. The highest BCUT2D eigenvalue weighted by Crippen LogP contribution is 2.13. The molecule has 0 saturated carbocycles. The molecule has 55 heavy (non-hydrogen) atoms. The molecule has 0 rings (SSSR count). The lowest BCUT2D eigenvalue weighted by Gasteiger charge is -2.09. The van der Waals surface area contributed by atoms with Crippen LogP contribution in [0.2, 0.25) is 0 Å². The second-order valence-electron chi connectivity index (χ2n) is 13.4. The number of hydrogen-bond donors (Lipinski definition) is 7. The van der Waals surface area contributed by atoms with Gasteiger partial charge in [-0.1, -0.05) is 64.2 Å². The van der Waals surface area contributed by atoms with Gasteiger partial charge >= 0.3 is 11.9 Å². The molecule has 320 valence electrons. The topological polar surface area (TPSA) is 254 Å². The van der Waals surface area contributed by atoms with Gasteiger partial charge in [0, 0.05) is 45.4 Å². The summed E-state index contributed by atoms with van der Waals surface area (Å²) in [5.41, 5.74) is 5.42. The number of unbranched alkanes of at least 4 members (excludes halogenated alkanes) is 12. The number of aliphatic carboxylic acids is 2. The van der Waals surface area contributed by atoms with Crippen LogP contribution in [0.1, 0.15) is 122 Å². The highest BCUT2D eigenvalue weighted by atomic mass is 16.5. The van der Waals surface area contributed by atoms with Crippen LogP contribution in [0.25, 0.3) is 0 Å². The van der Waals surface area contributed by atoms with Gasteiger partial charge in [0.2, 0.25) is 23.6 Å². The van der Waals surface area contributed by atoms with E-state index in [1.54, 1.807) is 0 Å². The van der Waals surface area contributed by atoms with Gasteiger partial charge in [-0.3, -0.25) is 28.8 Å². The van der Waals surface area contributed by atoms with Gasteiger partial charge in [0.25, 0.3) is 0 Å². The minimum Gasteiger partial charge on any atom is -0.481 e. The van der Waals surface area contributed by atoms with Crippen molar-refractivity contribution in [3.8, 4) is 0 Å². The maximum Gasteiger partial charge on any atom is 0.320 e. The van der Waals surface area contributed by atoms with Gasteiger partial charge in [0.05, 0.1) is 39.6 Å². The molecule has 17 heteroatoms. The van der Waals surface area contributed by atoms with E-state index in [0.29, 0.717) is 71.3 Å². The van der Waals surface area contributed by atoms with Crippen molar-refractivity contribution in [2.75, 3.05) is 79.0 Å². The Morgan fingerprint density at radius 1 is 0.418 bits per heavy atom. The molecule has 0 aromatic rings. The molecule has 0 bridgehead atoms. The second kappa shape index (κ2) is 38.9. The number of carboxylic acid groups (broad SMARTS) is 2. The molecule has 0 spiro atoms. The molecule has 0 unspecified atom stereocenters. The number of rotatable bonds is 41. The Hall–Kier alpha value is -3.38. The average Bonchev–Trinajstić information content (AvgIpc) is 3.15. The van der Waals surface area contributed by atoms with Gasteiger partial charge < -0.3 is 56.2 Å². The zero-order valence-electron chi connectivity index (χ0n) is 33.1. The number of nitrogens with one attached hydrogen (secondary N) is 4. The number of ether oxygens (including phenoxy) is 4. The first-order valence-electron chi connectivity index (χ1n) is 20.2. The Morgan fingerprint density at radius 3 is 1.29 bits per heavy atom. The summed E-state index contributed by atoms with van der Waals surface area (Å²) in [7, 11) is 0. The van der Waals surface area contributed by atoms with Crippen LogP contribution in [0.15, 0.2) is 0 Å². The summed E-state index contributed by atoms with van der Waals surface area (Å²) in [6.45, 7) is 2.86. The Kier molecular flexibility index (Phi) is 36.5. The molecular weight excluding hydrogens is 718 g/mol. The Bertz CT molecular complexity index is 1020. The molecule has 4 amide bonds. The highest BCUT2D eigenvalue weighted by Gasteiger charge is 2.10. The summed E-state index contributed by atoms with van der Waals surface area (Å²) in [5, 5.41) is 28.4. The fourth-order valence-corrected chi connectivity index (χ4v) is 5.22. The van der Waals surface area contributed by atoms with Crippen LogP contribution in [0.5, 0.6) is 0 Å². The minimum atomic E-state index is -1.04. The molecule has 0 aliphatic carbocycles. The summed E-state index contributed by atoms with van der Waals surface area (Å²) in [5.74, 6) is -2.39. The average molecular weight is 790 g/mol. The minimum absolute atomic E-state index is 0.0257. The van der Waals surface area contributed by atoms with Crippen molar-refractivity contribution in [2.45, 2.75) is 128 Å². The SMILES string of the molecule is N[C@@H](CCCCNC(=O)COCCOCCNC(=O)COCCOCCNC(=O)CCCNC(=O)CCCCCCCCCCCCCCC(=O)O)C(=O)O. The van der Waals surface area contributed by atoms with E-state index in [-0.39, 0.29) is 76.3 Å². The van der Waals surface area contributed by atoms with Crippen molar-refractivity contribution in [3.63, 3.8) is 0 Å². The predicted molar refractivity (Wildman–Crippen MR) is 206 cm³/mol. The molecule has 1 atom stereocenters. The van der Waals surface area contributed by atoms with Gasteiger partial charge in [-0.15, -0.1) is 0 Å². The van der Waals surface area contributed by atoms with Crippen molar-refractivity contribution in [2.24, 2.45) is 5.73 Å². The molecule has 17 nitrogen and oxygen atoms in total. The number of hydrogen-bond acceptors (Lipinski definition) is 11. The van der Waals surface area contributed by atoms with Crippen molar-refractivity contribution >= 4 is 35.6 Å². The summed E-state index contributed by atoms with van der Waals surface area (Å²) in [6.07, 6.45) is 16.5. The van der Waals surface area contributed by atoms with Crippen LogP contribution in [-0.4, -0.2) is 131 Å². The smallest absolute Gasteiger partial charge is 0.320 e. The van der Waals surface area contributed by atoms with E-state index < -0.39 is 18.0 Å². The van der Waals surface area contributed by atoms with E-state index >= 15 is 0 Å². The van der Waals surface area contributed by atoms with Crippen LogP contribution in [0, 0.1) is 0 Å². The Balaban J connectivity index is 3.40. The van der Waals surface area contributed by atoms with Crippen LogP contribution in [0.4, 0.5) is 0 Å². The van der Waals surface area contributed by atoms with Crippen LogP contribution in [0.3, 0.4) is 0 Å². The van der Waals surface area contributed by atoms with Crippen LogP contribution < -0.4 is 27.0 Å². The normalized spacial score (nSPS) is 11.5. The van der Waals surface area contributed by atoms with E-state index in [1.807, 2.05) is 0 Å². The third kappa shape index (κ3) is 40.1. The summed E-state index contributed by atoms with van der Waals surface area (Å²) >= 11 is 0. The molecule has 0 fully saturated rings. The molecular formula is C38H71N5O12. The van der Waals surface area contributed by atoms with Gasteiger partial charge in [-0.05, 0) is 38.5 Å². The molecule has 8 N–H and O–H groups in total. The lowest BCUT2D eigenvalue weighted by molar-refractivity contribution is -0.139. The van der Waals surface area contributed by atoms with E-state index in [1.165, 1.54) is 38.5 Å². The van der Waals surface area contributed by atoms with Gasteiger partial charge in [-0.25, -0.2) is 0 Å². The van der Waals surface area contributed by atoms with E-state index in [0.717, 1.165) is 38.5 Å². The maximum atomic E-state index is 12.0. The fourth-order valence-electron chi connectivity index (χ4n) is 5.22. The van der Waals surface area contributed by atoms with E-state index in [9.17, 15) is 28.8 Å². The Morgan fingerprint density at radius 2 is 0.800 bits per heavy atom. The first-order chi connectivity index (χ1) is 26.6. The fraction of sp³-hybridized carbons (Fsp3) is 0.842. The molecule has 0 aliphatic heterocycles. The first-order valence-corrected chi connectivity index (χ1v) is 20.2. The number of nitrogens with two attached hydrogens (primary N) is 1. The third-order valence-electron chi connectivity index (χ3n) is 8.38. The zero-order chi connectivity index (χ0) is 40.6. The number of carbonyl (C=O) groups excluding carboxylic acids is 4. The van der Waals surface area contributed by atoms with Crippen molar-refractivity contribution in [1.29, 1.82) is 0 Å². The lowest BCUT2D eigenvalue weighted by Crippen LogP contribution is -2.32. The van der Waals surface area contributed by atoms with Crippen molar-refractivity contribution in [3.05, 3.63) is 0 Å². The van der Waals surface area contributed by atoms with Gasteiger partial charge in [0.15, 0.2) is 0 Å². The lowest BCUT2D eigenvalue weighted by atomic mass is 10.0. The zero-order valence-corrected chi connectivity index (χ0v) is 33.1. The molecule has 0 heterocycles. The number of amides is 4. The molecule has 0 saturated heterocycles. The molecule has 0 aromatic carbocycles. The molecule has 0 aliphatic rings. The number of carboxylic acids is 2. The highest BCUT2D eigenvalue weighted by molar-refractivity contribution is 5.78. The van der Waals surface area contributed by atoms with Gasteiger partial charge in [0.1, 0.15) is 19.3 Å². The van der Waals surface area contributed by atoms with Crippen LogP contribution >= 0.6 is 0 Å². The summed E-state index contributed by atoms with van der Waals surface area (Å²) in [4.78, 5) is 68.7. The van der Waals surface area contributed by atoms with Gasteiger partial charge in [-0.2, -0.15) is 0 Å². The predicted octanol–water partition coefficient (Wildman–Crippen LogP) is 2.43. The first kappa shape index (κ1) is 51.6. The third-order valence-corrected chi connectivity index (χ3v) is 8.38. The largest absolute Gasteiger partial charge is 0.481 e. The van der Waals surface area contributed by atoms with Crippen molar-refractivity contribution in [1.82, 2.24) is 21.3 Å². The maximum absolute atomic E-state index is 12.0. The van der Waals surface area contributed by atoms with E-state index in [2.05, 4.69) is 21.3 Å². The summed E-state index contributed by atoms with van der Waals surface area (Å²) < 4.78 is 21.3. The standard InChI is InChI=1S/C38H71N5O12/c39-32(38(50)51)16-13-14-20-41-35(46)30-54-28-27-53-25-23-43-36(47)31-55-29-26-52-24-22-42-34(45)18-15-21-40-33(44)17-11-9-7-5-3-1-2-4-6-8-10-12-19-37(48)49/h32H,1-31,39H2,(H,40,44)(H,41,46)(H,42,45)(H,43,47)(H,48,49)(H,50,51)/t32-/m0/s1. The Labute approximate surface area is 327 Å². The number of carbonyl (C=O) groups is 6. The van der Waals surface area contributed by atoms with E-state index in [4.69, 9.17) is 34.9 Å². The van der Waals surface area contributed by atoms with Crippen LogP contribution in [-0.2, 0) is 47.7 Å². The quantitative estimate of drug-likeness (QED) is 0.0440. The monoisotopic (exact) mass is 790 g/mol. The molecule has 0 radical (unpaired) electrons. The second-order valence-corrected chi connectivity index (χ2v) is 13.4. The molecule has 0 aromatic heterocycles. The van der Waals surface area contributed by atoms with Crippen molar-refractivity contribution < 1.29 is 57.9 Å².